The van der Waals surface area contributed by atoms with Crippen LogP contribution in [0.5, 0.6) is 5.75 Å². The van der Waals surface area contributed by atoms with E-state index in [-0.39, 0.29) is 35.5 Å². The van der Waals surface area contributed by atoms with Crippen molar-refractivity contribution in [2.75, 3.05) is 4.90 Å². The largest absolute Gasteiger partial charge is 0.423 e. The Morgan fingerprint density at radius 3 is 2.25 bits per heavy atom. The quantitative estimate of drug-likeness (QED) is 0.315. The minimum absolute atomic E-state index is 0.155. The molecule has 0 unspecified atom stereocenters. The summed E-state index contributed by atoms with van der Waals surface area (Å²) in [4.78, 5) is 39.6. The molecule has 3 aliphatic rings. The van der Waals surface area contributed by atoms with E-state index in [1.54, 1.807) is 48.5 Å². The summed E-state index contributed by atoms with van der Waals surface area (Å²) in [7, 11) is 0. The first-order chi connectivity index (χ1) is 13.5. The zero-order valence-corrected chi connectivity index (χ0v) is 16.3. The molecule has 1 saturated carbocycles. The van der Waals surface area contributed by atoms with Crippen molar-refractivity contribution in [3.05, 3.63) is 70.7 Å². The molecule has 0 radical (unpaired) electrons. The Kier molecular flexibility index (Phi) is 3.98. The summed E-state index contributed by atoms with van der Waals surface area (Å²) in [6.45, 7) is 0. The number of halogens is 1. The summed E-state index contributed by atoms with van der Waals surface area (Å²) in [5.41, 5.74) is 0.716. The van der Waals surface area contributed by atoms with Gasteiger partial charge in [0.2, 0.25) is 11.8 Å². The Balaban J connectivity index is 1.40. The first kappa shape index (κ1) is 17.4. The predicted octanol–water partition coefficient (Wildman–Crippen LogP) is 3.98. The molecule has 2 aromatic rings. The van der Waals surface area contributed by atoms with Gasteiger partial charge in [0, 0.05) is 4.47 Å². The van der Waals surface area contributed by atoms with Crippen molar-refractivity contribution in [1.82, 2.24) is 0 Å². The van der Waals surface area contributed by atoms with Crippen LogP contribution in [0.1, 0.15) is 16.8 Å². The second kappa shape index (κ2) is 6.41. The van der Waals surface area contributed by atoms with Gasteiger partial charge in [-0.15, -0.1) is 0 Å². The summed E-state index contributed by atoms with van der Waals surface area (Å²) >= 11 is 3.33. The first-order valence-electron chi connectivity index (χ1n) is 9.17. The normalized spacial score (nSPS) is 27.4. The number of carbonyl (C=O) groups excluding carboxylic acids is 3. The molecule has 0 spiro atoms. The van der Waals surface area contributed by atoms with E-state index in [4.69, 9.17) is 4.74 Å². The van der Waals surface area contributed by atoms with Crippen LogP contribution in [-0.2, 0) is 9.59 Å². The molecular formula is C22H16BrNO4. The zero-order valence-electron chi connectivity index (χ0n) is 14.7. The van der Waals surface area contributed by atoms with E-state index in [0.29, 0.717) is 17.0 Å². The van der Waals surface area contributed by atoms with Gasteiger partial charge in [0.1, 0.15) is 5.75 Å². The average molecular weight is 438 g/mol. The van der Waals surface area contributed by atoms with Crippen LogP contribution >= 0.6 is 15.9 Å². The summed E-state index contributed by atoms with van der Waals surface area (Å²) in [6, 6.07) is 13.4. The number of amides is 2. The lowest BCUT2D eigenvalue weighted by atomic mass is 9.85. The Labute approximate surface area is 170 Å². The van der Waals surface area contributed by atoms with Gasteiger partial charge < -0.3 is 4.74 Å². The number of hydrogen-bond donors (Lipinski definition) is 0. The highest BCUT2D eigenvalue weighted by Gasteiger charge is 2.59. The number of allylic oxidation sites excluding steroid dienone is 2. The molecule has 2 bridgehead atoms. The third-order valence-electron chi connectivity index (χ3n) is 5.83. The van der Waals surface area contributed by atoms with E-state index < -0.39 is 5.97 Å². The highest BCUT2D eigenvalue weighted by Crippen LogP contribution is 2.53. The van der Waals surface area contributed by atoms with Gasteiger partial charge in [-0.3, -0.25) is 9.59 Å². The van der Waals surface area contributed by atoms with E-state index in [1.165, 1.54) is 4.90 Å². The minimum atomic E-state index is -0.537. The molecule has 0 aromatic heterocycles. The second-order valence-corrected chi connectivity index (χ2v) is 8.32. The fourth-order valence-corrected chi connectivity index (χ4v) is 4.86. The van der Waals surface area contributed by atoms with Gasteiger partial charge in [0.25, 0.3) is 0 Å². The van der Waals surface area contributed by atoms with Crippen LogP contribution in [0.25, 0.3) is 0 Å². The number of fused-ring (bicyclic) bond motifs is 5. The van der Waals surface area contributed by atoms with Crippen molar-refractivity contribution in [3.8, 4) is 5.75 Å². The van der Waals surface area contributed by atoms with Crippen LogP contribution in [0.3, 0.4) is 0 Å². The Morgan fingerprint density at radius 2 is 1.61 bits per heavy atom. The molecule has 28 heavy (non-hydrogen) atoms. The maximum atomic E-state index is 12.9. The summed E-state index contributed by atoms with van der Waals surface area (Å²) < 4.78 is 6.27. The maximum absolute atomic E-state index is 12.9. The number of nitrogens with zero attached hydrogens (tertiary/aromatic N) is 1. The van der Waals surface area contributed by atoms with Crippen molar-refractivity contribution >= 4 is 39.4 Å². The van der Waals surface area contributed by atoms with Gasteiger partial charge in [-0.2, -0.15) is 0 Å². The van der Waals surface area contributed by atoms with Crippen LogP contribution in [0, 0.1) is 23.7 Å². The molecule has 1 heterocycles. The molecule has 2 aromatic carbocycles. The minimum Gasteiger partial charge on any atom is -0.423 e. The third-order valence-corrected chi connectivity index (χ3v) is 6.36. The maximum Gasteiger partial charge on any atom is 0.343 e. The topological polar surface area (TPSA) is 63.7 Å². The second-order valence-electron chi connectivity index (χ2n) is 7.41. The van der Waals surface area contributed by atoms with Gasteiger partial charge in [0.15, 0.2) is 0 Å². The fraction of sp³-hybridized carbons (Fsp3) is 0.227. The molecule has 6 heteroatoms. The molecule has 4 atom stereocenters. The lowest BCUT2D eigenvalue weighted by molar-refractivity contribution is -0.123. The number of rotatable bonds is 3. The van der Waals surface area contributed by atoms with Crippen molar-refractivity contribution in [2.24, 2.45) is 23.7 Å². The van der Waals surface area contributed by atoms with Crippen LogP contribution in [0.2, 0.25) is 0 Å². The van der Waals surface area contributed by atoms with Crippen LogP contribution in [0.4, 0.5) is 5.69 Å². The average Bonchev–Trinajstić information content (AvgIpc) is 3.37. The van der Waals surface area contributed by atoms with Crippen molar-refractivity contribution in [3.63, 3.8) is 0 Å². The van der Waals surface area contributed by atoms with Crippen LogP contribution < -0.4 is 9.64 Å². The van der Waals surface area contributed by atoms with E-state index >= 15 is 0 Å². The highest BCUT2D eigenvalue weighted by atomic mass is 79.9. The first-order valence-corrected chi connectivity index (χ1v) is 9.96. The van der Waals surface area contributed by atoms with Crippen molar-refractivity contribution < 1.29 is 19.1 Å². The Bertz CT molecular complexity index is 999. The molecule has 2 aliphatic carbocycles. The monoisotopic (exact) mass is 437 g/mol. The van der Waals surface area contributed by atoms with Crippen LogP contribution in [-0.4, -0.2) is 17.8 Å². The molecule has 140 valence electrons. The SMILES string of the molecule is O=C(Oc1ccc(Br)cc1)c1cccc(N2C(=O)[C@H]3[C@H](C2=O)[C@H]2C=C[C@H]3C2)c1. The van der Waals surface area contributed by atoms with Gasteiger partial charge >= 0.3 is 5.97 Å². The molecule has 1 aliphatic heterocycles. The van der Waals surface area contributed by atoms with E-state index in [1.807, 2.05) is 0 Å². The molecule has 2 fully saturated rings. The van der Waals surface area contributed by atoms with Gasteiger partial charge in [0.05, 0.1) is 23.1 Å². The van der Waals surface area contributed by atoms with E-state index in [0.717, 1.165) is 10.9 Å². The summed E-state index contributed by atoms with van der Waals surface area (Å²) in [6.07, 6.45) is 5.01. The summed E-state index contributed by atoms with van der Waals surface area (Å²) in [5, 5.41) is 0. The molecule has 5 rings (SSSR count). The number of esters is 1. The van der Waals surface area contributed by atoms with Crippen molar-refractivity contribution in [2.45, 2.75) is 6.42 Å². The van der Waals surface area contributed by atoms with Crippen LogP contribution in [0.15, 0.2) is 65.2 Å². The molecule has 0 N–H and O–H groups in total. The third kappa shape index (κ3) is 2.63. The number of carbonyl (C=O) groups is 3. The number of benzene rings is 2. The van der Waals surface area contributed by atoms with E-state index in [2.05, 4.69) is 28.1 Å². The predicted molar refractivity (Wildman–Crippen MR) is 106 cm³/mol. The Hall–Kier alpha value is -2.73. The summed E-state index contributed by atoms with van der Waals surface area (Å²) in [5.74, 6) is -0.657. The number of anilines is 1. The zero-order chi connectivity index (χ0) is 19.4. The molecule has 2 amide bonds. The van der Waals surface area contributed by atoms with Crippen molar-refractivity contribution in [1.29, 1.82) is 0 Å². The molecule has 1 saturated heterocycles. The molecular weight excluding hydrogens is 422 g/mol. The highest BCUT2D eigenvalue weighted by molar-refractivity contribution is 9.10. The molecule has 5 nitrogen and oxygen atoms in total. The number of imide groups is 1. The fourth-order valence-electron chi connectivity index (χ4n) is 4.60. The Morgan fingerprint density at radius 1 is 0.964 bits per heavy atom. The van der Waals surface area contributed by atoms with Gasteiger partial charge in [-0.25, -0.2) is 9.69 Å². The lowest BCUT2D eigenvalue weighted by Gasteiger charge is -2.18. The lowest BCUT2D eigenvalue weighted by Crippen LogP contribution is -2.33. The van der Waals surface area contributed by atoms with Gasteiger partial charge in [-0.05, 0) is 60.7 Å². The number of hydrogen-bond acceptors (Lipinski definition) is 4. The van der Waals surface area contributed by atoms with E-state index in [9.17, 15) is 14.4 Å². The number of ether oxygens (including phenoxy) is 1. The van der Waals surface area contributed by atoms with Gasteiger partial charge in [-0.1, -0.05) is 34.1 Å². The smallest absolute Gasteiger partial charge is 0.343 e. The standard InChI is InChI=1S/C22H16BrNO4/c23-15-6-8-17(9-7-15)28-22(27)14-2-1-3-16(11-14)24-20(25)18-12-4-5-13(10-12)19(18)21(24)26/h1-9,11-13,18-19H,10H2/t12-,13-,18+,19+/m0/s1.